The summed E-state index contributed by atoms with van der Waals surface area (Å²) in [4.78, 5) is 4.27. The summed E-state index contributed by atoms with van der Waals surface area (Å²) < 4.78 is 5.19. The maximum absolute atomic E-state index is 10.5. The molecular formula is C13H15N3O3. The van der Waals surface area contributed by atoms with Crippen LogP contribution < -0.4 is 5.32 Å². The molecule has 6 nitrogen and oxygen atoms in total. The van der Waals surface area contributed by atoms with E-state index in [4.69, 9.17) is 4.52 Å². The van der Waals surface area contributed by atoms with E-state index in [2.05, 4.69) is 15.5 Å². The molecule has 0 amide bonds. The van der Waals surface area contributed by atoms with Crippen LogP contribution in [-0.2, 0) is 5.60 Å². The maximum Gasteiger partial charge on any atom is 0.259 e. The highest BCUT2D eigenvalue weighted by molar-refractivity contribution is 5.55. The Bertz CT molecular complexity index is 559. The molecule has 19 heavy (non-hydrogen) atoms. The third-order valence-corrected chi connectivity index (χ3v) is 3.38. The van der Waals surface area contributed by atoms with Gasteiger partial charge in [0.1, 0.15) is 11.4 Å². The lowest BCUT2D eigenvalue weighted by Gasteiger charge is -2.28. The lowest BCUT2D eigenvalue weighted by molar-refractivity contribution is -0.0228. The highest BCUT2D eigenvalue weighted by Gasteiger charge is 2.37. The lowest BCUT2D eigenvalue weighted by Crippen LogP contribution is -2.39. The van der Waals surface area contributed by atoms with Crippen LogP contribution in [0.25, 0.3) is 11.4 Å². The smallest absolute Gasteiger partial charge is 0.259 e. The van der Waals surface area contributed by atoms with Crippen molar-refractivity contribution in [1.29, 1.82) is 0 Å². The quantitative estimate of drug-likeness (QED) is 0.747. The van der Waals surface area contributed by atoms with E-state index in [0.717, 1.165) is 18.7 Å². The van der Waals surface area contributed by atoms with Crippen molar-refractivity contribution in [3.05, 3.63) is 30.2 Å². The van der Waals surface area contributed by atoms with Crippen LogP contribution >= 0.6 is 0 Å². The van der Waals surface area contributed by atoms with Crippen LogP contribution in [0.4, 0.5) is 0 Å². The molecule has 0 saturated carbocycles. The van der Waals surface area contributed by atoms with Gasteiger partial charge in [-0.25, -0.2) is 0 Å². The molecule has 100 valence electrons. The Morgan fingerprint density at radius 2 is 1.84 bits per heavy atom. The number of hydrogen-bond acceptors (Lipinski definition) is 6. The summed E-state index contributed by atoms with van der Waals surface area (Å²) >= 11 is 0. The van der Waals surface area contributed by atoms with Crippen LogP contribution in [0.2, 0.25) is 0 Å². The number of benzene rings is 1. The van der Waals surface area contributed by atoms with Crippen LogP contribution in [0.5, 0.6) is 5.75 Å². The van der Waals surface area contributed by atoms with Crippen molar-refractivity contribution in [2.45, 2.75) is 18.4 Å². The van der Waals surface area contributed by atoms with E-state index < -0.39 is 5.60 Å². The van der Waals surface area contributed by atoms with Gasteiger partial charge in [-0.3, -0.25) is 0 Å². The monoisotopic (exact) mass is 261 g/mol. The Morgan fingerprint density at radius 1 is 1.16 bits per heavy atom. The Balaban J connectivity index is 1.88. The largest absolute Gasteiger partial charge is 0.508 e. The number of nitrogens with zero attached hydrogens (tertiary/aromatic N) is 2. The number of aliphatic hydroxyl groups is 1. The second-order valence-corrected chi connectivity index (χ2v) is 4.75. The summed E-state index contributed by atoms with van der Waals surface area (Å²) in [6.45, 7) is 1.46. The molecule has 1 aromatic heterocycles. The van der Waals surface area contributed by atoms with Crippen molar-refractivity contribution in [3.8, 4) is 17.1 Å². The normalized spacial score (nSPS) is 18.4. The zero-order chi connectivity index (χ0) is 13.3. The molecule has 2 heterocycles. The molecule has 0 unspecified atom stereocenters. The summed E-state index contributed by atoms with van der Waals surface area (Å²) in [7, 11) is 0. The van der Waals surface area contributed by atoms with E-state index >= 15 is 0 Å². The number of aromatic hydroxyl groups is 1. The zero-order valence-corrected chi connectivity index (χ0v) is 10.3. The van der Waals surface area contributed by atoms with Crippen molar-refractivity contribution in [1.82, 2.24) is 15.5 Å². The van der Waals surface area contributed by atoms with Crippen LogP contribution in [0.3, 0.4) is 0 Å². The highest BCUT2D eigenvalue weighted by Crippen LogP contribution is 2.30. The molecule has 3 rings (SSSR count). The van der Waals surface area contributed by atoms with Gasteiger partial charge in [-0.15, -0.1) is 0 Å². The highest BCUT2D eigenvalue weighted by atomic mass is 16.5. The SMILES string of the molecule is Oc1ccc(-c2noc(C3(O)CCNCC3)n2)cc1. The third kappa shape index (κ3) is 2.32. The first-order chi connectivity index (χ1) is 9.17. The summed E-state index contributed by atoms with van der Waals surface area (Å²) in [6, 6.07) is 6.53. The molecule has 0 radical (unpaired) electrons. The van der Waals surface area contributed by atoms with Gasteiger partial charge < -0.3 is 20.1 Å². The first-order valence-corrected chi connectivity index (χ1v) is 6.24. The summed E-state index contributed by atoms with van der Waals surface area (Å²) in [5, 5.41) is 26.8. The first-order valence-electron chi connectivity index (χ1n) is 6.24. The topological polar surface area (TPSA) is 91.4 Å². The Hall–Kier alpha value is -1.92. The van der Waals surface area contributed by atoms with E-state index in [1.54, 1.807) is 24.3 Å². The van der Waals surface area contributed by atoms with Crippen molar-refractivity contribution < 1.29 is 14.7 Å². The van der Waals surface area contributed by atoms with Gasteiger partial charge in [0.2, 0.25) is 5.82 Å². The van der Waals surface area contributed by atoms with Gasteiger partial charge in [0.05, 0.1) is 0 Å². The number of phenols is 1. The van der Waals surface area contributed by atoms with E-state index in [-0.39, 0.29) is 11.6 Å². The van der Waals surface area contributed by atoms with Gasteiger partial charge in [0.25, 0.3) is 5.89 Å². The van der Waals surface area contributed by atoms with E-state index in [0.29, 0.717) is 18.7 Å². The standard InChI is InChI=1S/C13H15N3O3/c17-10-3-1-9(2-4-10)11-15-12(19-16-11)13(18)5-7-14-8-6-13/h1-4,14,17-18H,5-8H2. The number of aromatic nitrogens is 2. The number of piperidine rings is 1. The predicted molar refractivity (Wildman–Crippen MR) is 67.4 cm³/mol. The Morgan fingerprint density at radius 3 is 2.53 bits per heavy atom. The molecular weight excluding hydrogens is 246 g/mol. The third-order valence-electron chi connectivity index (χ3n) is 3.38. The maximum atomic E-state index is 10.5. The van der Waals surface area contributed by atoms with Crippen molar-refractivity contribution in [2.75, 3.05) is 13.1 Å². The molecule has 3 N–H and O–H groups in total. The summed E-state index contributed by atoms with van der Waals surface area (Å²) in [5.41, 5.74) is -0.293. The summed E-state index contributed by atoms with van der Waals surface area (Å²) in [6.07, 6.45) is 1.12. The average molecular weight is 261 g/mol. The van der Waals surface area contributed by atoms with Gasteiger partial charge in [0.15, 0.2) is 0 Å². The van der Waals surface area contributed by atoms with Crippen LogP contribution in [0, 0.1) is 0 Å². The number of rotatable bonds is 2. The summed E-state index contributed by atoms with van der Waals surface area (Å²) in [5.74, 6) is 0.864. The van der Waals surface area contributed by atoms with E-state index in [1.165, 1.54) is 0 Å². The lowest BCUT2D eigenvalue weighted by atomic mass is 9.92. The van der Waals surface area contributed by atoms with Gasteiger partial charge in [-0.05, 0) is 50.2 Å². The minimum Gasteiger partial charge on any atom is -0.508 e. The molecule has 6 heteroatoms. The zero-order valence-electron chi connectivity index (χ0n) is 10.3. The van der Waals surface area contributed by atoms with Gasteiger partial charge >= 0.3 is 0 Å². The molecule has 1 fully saturated rings. The molecule has 0 spiro atoms. The van der Waals surface area contributed by atoms with Crippen LogP contribution in [0.1, 0.15) is 18.7 Å². The second kappa shape index (κ2) is 4.64. The van der Waals surface area contributed by atoms with Crippen molar-refractivity contribution in [3.63, 3.8) is 0 Å². The van der Waals surface area contributed by atoms with Crippen LogP contribution in [0.15, 0.2) is 28.8 Å². The van der Waals surface area contributed by atoms with Crippen molar-refractivity contribution in [2.24, 2.45) is 0 Å². The number of nitrogens with one attached hydrogen (secondary N) is 1. The molecule has 1 aromatic carbocycles. The van der Waals surface area contributed by atoms with E-state index in [1.807, 2.05) is 0 Å². The molecule has 0 bridgehead atoms. The number of hydrogen-bond donors (Lipinski definition) is 3. The minimum atomic E-state index is -1.03. The van der Waals surface area contributed by atoms with Crippen molar-refractivity contribution >= 4 is 0 Å². The first kappa shape index (κ1) is 12.1. The van der Waals surface area contributed by atoms with Crippen LogP contribution in [-0.4, -0.2) is 33.4 Å². The number of phenolic OH excluding ortho intramolecular Hbond substituents is 1. The Labute approximate surface area is 110 Å². The fraction of sp³-hybridized carbons (Fsp3) is 0.385. The van der Waals surface area contributed by atoms with Gasteiger partial charge in [-0.2, -0.15) is 4.98 Å². The molecule has 0 atom stereocenters. The van der Waals surface area contributed by atoms with Gasteiger partial charge in [-0.1, -0.05) is 5.16 Å². The second-order valence-electron chi connectivity index (χ2n) is 4.75. The fourth-order valence-corrected chi connectivity index (χ4v) is 2.19. The minimum absolute atomic E-state index is 0.185. The molecule has 2 aromatic rings. The molecule has 0 aliphatic carbocycles. The molecule has 1 aliphatic rings. The Kier molecular flexibility index (Phi) is 2.96. The fourth-order valence-electron chi connectivity index (χ4n) is 2.19. The molecule has 1 aliphatic heterocycles. The van der Waals surface area contributed by atoms with E-state index in [9.17, 15) is 10.2 Å². The molecule has 1 saturated heterocycles. The predicted octanol–water partition coefficient (Wildman–Crippen LogP) is 1.01. The average Bonchev–Trinajstić information content (AvgIpc) is 2.91. The van der Waals surface area contributed by atoms with Gasteiger partial charge in [0, 0.05) is 5.56 Å².